The summed E-state index contributed by atoms with van der Waals surface area (Å²) in [6, 6.07) is 11.4. The van der Waals surface area contributed by atoms with E-state index in [1.54, 1.807) is 24.5 Å². The summed E-state index contributed by atoms with van der Waals surface area (Å²) in [5, 5.41) is 12.8. The van der Waals surface area contributed by atoms with Crippen LogP contribution in [0, 0.1) is 6.92 Å². The summed E-state index contributed by atoms with van der Waals surface area (Å²) >= 11 is 0. The quantitative estimate of drug-likeness (QED) is 0.485. The van der Waals surface area contributed by atoms with E-state index in [4.69, 9.17) is 5.73 Å². The number of aryl methyl sites for hydroxylation is 1. The van der Waals surface area contributed by atoms with E-state index in [1.165, 1.54) is 0 Å². The minimum absolute atomic E-state index is 0.160. The minimum atomic E-state index is -0.160. The second-order valence-corrected chi connectivity index (χ2v) is 6.97. The van der Waals surface area contributed by atoms with Crippen LogP contribution in [0.15, 0.2) is 53.6 Å². The number of nitrogens with one attached hydrogen (secondary N) is 1. The Morgan fingerprint density at radius 1 is 1.19 bits per heavy atom. The minimum Gasteiger partial charge on any atom is -0.507 e. The number of aromatic nitrogens is 2. The number of aromatic amines is 1. The van der Waals surface area contributed by atoms with Crippen LogP contribution in [0.1, 0.15) is 24.0 Å². The van der Waals surface area contributed by atoms with Crippen LogP contribution in [-0.4, -0.2) is 21.6 Å². The van der Waals surface area contributed by atoms with Crippen LogP contribution in [0.2, 0.25) is 0 Å². The van der Waals surface area contributed by atoms with Crippen molar-refractivity contribution in [3.63, 3.8) is 0 Å². The first kappa shape index (κ1) is 17.2. The molecule has 0 amide bonds. The molecule has 5 nitrogen and oxygen atoms in total. The number of H-pyrrole nitrogens is 1. The van der Waals surface area contributed by atoms with Crippen molar-refractivity contribution in [2.45, 2.75) is 19.8 Å². The third-order valence-corrected chi connectivity index (χ3v) is 5.20. The van der Waals surface area contributed by atoms with Crippen molar-refractivity contribution in [2.24, 2.45) is 5.73 Å². The van der Waals surface area contributed by atoms with Crippen LogP contribution >= 0.6 is 0 Å². The first-order valence-electron chi connectivity index (χ1n) is 8.94. The molecule has 4 N–H and O–H groups in total. The van der Waals surface area contributed by atoms with E-state index in [0.29, 0.717) is 23.0 Å². The van der Waals surface area contributed by atoms with Gasteiger partial charge in [0.25, 0.3) is 5.56 Å². The number of rotatable bonds is 3. The molecule has 27 heavy (non-hydrogen) atoms. The molecule has 2 aromatic carbocycles. The zero-order valence-corrected chi connectivity index (χ0v) is 15.3. The maximum atomic E-state index is 12.5. The summed E-state index contributed by atoms with van der Waals surface area (Å²) in [4.78, 5) is 19.6. The van der Waals surface area contributed by atoms with Crippen molar-refractivity contribution < 1.29 is 5.11 Å². The van der Waals surface area contributed by atoms with E-state index in [1.807, 2.05) is 31.2 Å². The Hall–Kier alpha value is -3.18. The molecule has 0 fully saturated rings. The van der Waals surface area contributed by atoms with Gasteiger partial charge in [-0.15, -0.1) is 0 Å². The fourth-order valence-electron chi connectivity index (χ4n) is 3.61. The van der Waals surface area contributed by atoms with Gasteiger partial charge < -0.3 is 15.8 Å². The zero-order valence-electron chi connectivity index (χ0n) is 15.3. The van der Waals surface area contributed by atoms with Gasteiger partial charge in [0, 0.05) is 28.7 Å². The molecule has 0 aliphatic heterocycles. The van der Waals surface area contributed by atoms with Gasteiger partial charge >= 0.3 is 0 Å². The third kappa shape index (κ3) is 2.76. The Kier molecular flexibility index (Phi) is 4.16. The molecule has 1 unspecified atom stereocenters. The summed E-state index contributed by atoms with van der Waals surface area (Å²) < 4.78 is 0. The van der Waals surface area contributed by atoms with Gasteiger partial charge in [0.2, 0.25) is 0 Å². The molecule has 0 aliphatic carbocycles. The van der Waals surface area contributed by atoms with Crippen molar-refractivity contribution in [1.29, 1.82) is 0 Å². The van der Waals surface area contributed by atoms with Gasteiger partial charge in [0.1, 0.15) is 5.75 Å². The summed E-state index contributed by atoms with van der Waals surface area (Å²) in [5.74, 6) is 0.445. The number of aromatic hydroxyl groups is 1. The molecule has 0 bridgehead atoms. The highest BCUT2D eigenvalue weighted by Crippen LogP contribution is 2.40. The van der Waals surface area contributed by atoms with E-state index in [9.17, 15) is 9.90 Å². The average molecular weight is 359 g/mol. The number of phenols is 1. The number of nitrogens with two attached hydrogens (primary N) is 1. The number of benzene rings is 2. The molecule has 136 valence electrons. The lowest BCUT2D eigenvalue weighted by molar-refractivity contribution is 0.477. The highest BCUT2D eigenvalue weighted by Gasteiger charge is 2.17. The number of pyridine rings is 2. The predicted molar refractivity (Wildman–Crippen MR) is 109 cm³/mol. The maximum Gasteiger partial charge on any atom is 0.256 e. The smallest absolute Gasteiger partial charge is 0.256 e. The second kappa shape index (κ2) is 6.52. The van der Waals surface area contributed by atoms with Gasteiger partial charge in [-0.2, -0.15) is 0 Å². The number of phenolic OH excluding ortho intramolecular Hbond substituents is 1. The highest BCUT2D eigenvalue weighted by atomic mass is 16.3. The predicted octanol–water partition coefficient (Wildman–Crippen LogP) is 3.82. The Balaban J connectivity index is 2.09. The number of nitrogens with zero attached hydrogens (tertiary/aromatic N) is 1. The second-order valence-electron chi connectivity index (χ2n) is 6.97. The van der Waals surface area contributed by atoms with Gasteiger partial charge in [-0.05, 0) is 48.2 Å². The molecule has 0 aliphatic rings. The standard InChI is InChI=1S/C22H21N3O2/c1-12-9-18(26)19(15-5-3-14(4-6-15)13(2)10-23)20-17-11-24-8-7-16(17)22(27)25-21(12)20/h3-9,11,13,26H,10,23H2,1-2H3,(H,25,27). The fraction of sp³-hybridized carbons (Fsp3) is 0.182. The SMILES string of the molecule is Cc1cc(O)c(-c2ccc(C(C)CN)cc2)c2c1[nH]c(=O)c1ccncc12. The molecule has 5 heteroatoms. The molecule has 0 radical (unpaired) electrons. The van der Waals surface area contributed by atoms with E-state index in [2.05, 4.69) is 16.9 Å². The number of fused-ring (bicyclic) bond motifs is 3. The normalized spacial score (nSPS) is 12.6. The lowest BCUT2D eigenvalue weighted by atomic mass is 9.92. The molecule has 0 spiro atoms. The van der Waals surface area contributed by atoms with E-state index in [-0.39, 0.29) is 17.2 Å². The van der Waals surface area contributed by atoms with Crippen LogP contribution in [0.4, 0.5) is 0 Å². The van der Waals surface area contributed by atoms with Gasteiger partial charge in [-0.3, -0.25) is 9.78 Å². The van der Waals surface area contributed by atoms with E-state index < -0.39 is 0 Å². The van der Waals surface area contributed by atoms with Crippen LogP contribution in [0.5, 0.6) is 5.75 Å². The topological polar surface area (TPSA) is 92.0 Å². The molecule has 1 atom stereocenters. The van der Waals surface area contributed by atoms with E-state index >= 15 is 0 Å². The first-order valence-corrected chi connectivity index (χ1v) is 8.94. The molecule has 2 aromatic heterocycles. The van der Waals surface area contributed by atoms with E-state index in [0.717, 1.165) is 27.5 Å². The lowest BCUT2D eigenvalue weighted by Gasteiger charge is -2.15. The lowest BCUT2D eigenvalue weighted by Crippen LogP contribution is -2.09. The van der Waals surface area contributed by atoms with Crippen molar-refractivity contribution >= 4 is 21.7 Å². The Bertz CT molecular complexity index is 1210. The molecule has 2 heterocycles. The van der Waals surface area contributed by atoms with Crippen molar-refractivity contribution in [3.8, 4) is 16.9 Å². The third-order valence-electron chi connectivity index (χ3n) is 5.20. The average Bonchev–Trinajstić information content (AvgIpc) is 2.69. The van der Waals surface area contributed by atoms with Crippen molar-refractivity contribution in [2.75, 3.05) is 6.54 Å². The molecular weight excluding hydrogens is 338 g/mol. The summed E-state index contributed by atoms with van der Waals surface area (Å²) in [6.45, 7) is 4.53. The first-order chi connectivity index (χ1) is 13.0. The maximum absolute atomic E-state index is 12.5. The van der Waals surface area contributed by atoms with Gasteiger partial charge in [-0.1, -0.05) is 31.2 Å². The summed E-state index contributed by atoms with van der Waals surface area (Å²) in [5.41, 5.74) is 9.85. The van der Waals surface area contributed by atoms with Crippen LogP contribution < -0.4 is 11.3 Å². The van der Waals surface area contributed by atoms with Gasteiger partial charge in [0.15, 0.2) is 0 Å². The Morgan fingerprint density at radius 3 is 2.63 bits per heavy atom. The summed E-state index contributed by atoms with van der Waals surface area (Å²) in [7, 11) is 0. The zero-order chi connectivity index (χ0) is 19.1. The summed E-state index contributed by atoms with van der Waals surface area (Å²) in [6.07, 6.45) is 3.28. The van der Waals surface area contributed by atoms with Crippen molar-refractivity contribution in [1.82, 2.24) is 9.97 Å². The largest absolute Gasteiger partial charge is 0.507 e. The Morgan fingerprint density at radius 2 is 1.93 bits per heavy atom. The van der Waals surface area contributed by atoms with Crippen molar-refractivity contribution in [3.05, 3.63) is 70.3 Å². The van der Waals surface area contributed by atoms with Crippen LogP contribution in [-0.2, 0) is 0 Å². The molecular formula is C22H21N3O2. The Labute approximate surface area is 156 Å². The number of hydrogen-bond donors (Lipinski definition) is 3. The van der Waals surface area contributed by atoms with Gasteiger partial charge in [0.05, 0.1) is 10.9 Å². The molecule has 4 aromatic rings. The molecule has 0 saturated carbocycles. The van der Waals surface area contributed by atoms with Gasteiger partial charge in [-0.25, -0.2) is 0 Å². The van der Waals surface area contributed by atoms with Crippen LogP contribution in [0.3, 0.4) is 0 Å². The highest BCUT2D eigenvalue weighted by molar-refractivity contribution is 6.14. The monoisotopic (exact) mass is 359 g/mol. The fourth-order valence-corrected chi connectivity index (χ4v) is 3.61. The molecule has 0 saturated heterocycles. The van der Waals surface area contributed by atoms with Crippen LogP contribution in [0.25, 0.3) is 32.8 Å². The molecule has 4 rings (SSSR count). The number of hydrogen-bond acceptors (Lipinski definition) is 4.